The van der Waals surface area contributed by atoms with E-state index in [0.717, 1.165) is 6.07 Å². The monoisotopic (exact) mass is 738 g/mol. The van der Waals surface area contributed by atoms with Crippen molar-refractivity contribution in [3.05, 3.63) is 82.5 Å². The molecule has 6 aromatic rings. The highest BCUT2D eigenvalue weighted by molar-refractivity contribution is 6.05. The lowest BCUT2D eigenvalue weighted by atomic mass is 10.2. The molecule has 0 saturated heterocycles. The molecule has 0 spiro atoms. The molecule has 4 heterocycles. The van der Waals surface area contributed by atoms with Gasteiger partial charge in [0, 0.05) is 26.2 Å². The summed E-state index contributed by atoms with van der Waals surface area (Å²) in [5.41, 5.74) is 3.13. The van der Waals surface area contributed by atoms with Crippen LogP contribution in [0, 0.1) is 13.8 Å². The van der Waals surface area contributed by atoms with Crippen molar-refractivity contribution in [1.82, 2.24) is 38.7 Å². The van der Waals surface area contributed by atoms with Gasteiger partial charge in [0.05, 0.1) is 47.8 Å². The zero-order chi connectivity index (χ0) is 38.8. The van der Waals surface area contributed by atoms with Gasteiger partial charge in [-0.15, -0.1) is 0 Å². The molecule has 0 aliphatic rings. The van der Waals surface area contributed by atoms with Crippen LogP contribution >= 0.6 is 0 Å². The van der Waals surface area contributed by atoms with Crippen LogP contribution in [0.4, 0.5) is 11.9 Å². The van der Waals surface area contributed by atoms with Crippen LogP contribution < -0.4 is 15.4 Å². The number of nitrogens with one attached hydrogen (secondary N) is 2. The van der Waals surface area contributed by atoms with Crippen LogP contribution in [-0.2, 0) is 30.9 Å². The number of aromatic nitrogens is 8. The molecule has 280 valence electrons. The van der Waals surface area contributed by atoms with E-state index in [2.05, 4.69) is 30.8 Å². The highest BCUT2D eigenvalue weighted by Gasteiger charge is 2.23. The van der Waals surface area contributed by atoms with Crippen molar-refractivity contribution in [2.45, 2.75) is 53.9 Å². The third-order valence-corrected chi connectivity index (χ3v) is 8.58. The Morgan fingerprint density at radius 1 is 0.741 bits per heavy atom. The Morgan fingerprint density at radius 2 is 1.24 bits per heavy atom. The van der Waals surface area contributed by atoms with Crippen LogP contribution in [0.3, 0.4) is 0 Å². The van der Waals surface area contributed by atoms with Crippen molar-refractivity contribution in [2.75, 3.05) is 24.9 Å². The summed E-state index contributed by atoms with van der Waals surface area (Å²) in [5.74, 6) is -2.64. The third kappa shape index (κ3) is 6.95. The van der Waals surface area contributed by atoms with Crippen molar-refractivity contribution in [2.24, 2.45) is 0 Å². The molecule has 18 heteroatoms. The van der Waals surface area contributed by atoms with E-state index < -0.39 is 23.8 Å². The van der Waals surface area contributed by atoms with Crippen LogP contribution in [0.15, 0.2) is 48.6 Å². The van der Waals surface area contributed by atoms with Crippen molar-refractivity contribution < 1.29 is 38.9 Å². The lowest BCUT2D eigenvalue weighted by Crippen LogP contribution is -2.20. The summed E-state index contributed by atoms with van der Waals surface area (Å²) in [7, 11) is 2.71. The second-order valence-electron chi connectivity index (χ2n) is 12.2. The second kappa shape index (κ2) is 14.9. The molecule has 0 aliphatic heterocycles. The summed E-state index contributed by atoms with van der Waals surface area (Å²) >= 11 is 0. The number of fused-ring (bicyclic) bond motifs is 2. The molecule has 4 N–H and O–H groups in total. The zero-order valence-electron chi connectivity index (χ0n) is 30.4. The van der Waals surface area contributed by atoms with Crippen LogP contribution in [0.5, 0.6) is 11.5 Å². The number of carboxylic acids is 1. The largest absolute Gasteiger partial charge is 0.506 e. The number of anilines is 2. The number of aromatic hydroxyl groups is 1. The number of esters is 1. The minimum Gasteiger partial charge on any atom is -0.506 e. The number of carbonyl (C=O) groups excluding carboxylic acids is 3. The van der Waals surface area contributed by atoms with Gasteiger partial charge < -0.3 is 28.8 Å². The van der Waals surface area contributed by atoms with E-state index in [1.165, 1.54) is 37.0 Å². The number of methoxy groups -OCH3 is 2. The van der Waals surface area contributed by atoms with Gasteiger partial charge in [-0.3, -0.25) is 29.6 Å². The number of nitrogens with zero attached hydrogens (tertiary/aromatic N) is 8. The molecule has 4 aromatic heterocycles. The number of aryl methyl sites for hydroxylation is 4. The van der Waals surface area contributed by atoms with Gasteiger partial charge in [0.25, 0.3) is 11.8 Å². The Morgan fingerprint density at radius 3 is 1.72 bits per heavy atom. The Kier molecular flexibility index (Phi) is 10.2. The van der Waals surface area contributed by atoms with Gasteiger partial charge in [-0.05, 0) is 64.1 Å². The van der Waals surface area contributed by atoms with Crippen LogP contribution in [0.25, 0.3) is 22.1 Å². The fourth-order valence-electron chi connectivity index (χ4n) is 6.17. The molecule has 0 aliphatic carbocycles. The molecule has 0 bridgehead atoms. The number of allylic oxidation sites excluding steroid dienone is 2. The van der Waals surface area contributed by atoms with Crippen molar-refractivity contribution in [3.8, 4) is 11.5 Å². The lowest BCUT2D eigenvalue weighted by molar-refractivity contribution is 0.0599. The minimum absolute atomic E-state index is 0.0554. The molecular formula is C36H38N10O8. The standard InChI is InChI=1S/C36H38N10O8/c1-7-45-25(13-19(3)41-45)31(48)39-35-37-23-15-21(33(50)51)17-27(47)29(23)43(35)11-9-10-12-44-30-24(16-22(34(52)54-6)18-28(30)53-5)38-36(44)40-32(49)26-14-20(4)42-46(26)8-2/h9-10,13-18,47H,7-8,11-12H2,1-6H3,(H,50,51)(H,37,39,48)(H,38,40,49)/b10-9+. The Hall–Kier alpha value is -6.98. The second-order valence-corrected chi connectivity index (χ2v) is 12.2. The van der Waals surface area contributed by atoms with Crippen LogP contribution in [0.2, 0.25) is 0 Å². The summed E-state index contributed by atoms with van der Waals surface area (Å²) in [6.45, 7) is 8.37. The number of ether oxygens (including phenoxy) is 2. The number of phenols is 1. The maximum Gasteiger partial charge on any atom is 0.338 e. The first-order valence-electron chi connectivity index (χ1n) is 16.9. The topological polar surface area (TPSA) is 223 Å². The fourth-order valence-corrected chi connectivity index (χ4v) is 6.17. The number of hydrogen-bond acceptors (Lipinski definition) is 11. The molecule has 6 rings (SSSR count). The maximum atomic E-state index is 13.5. The van der Waals surface area contributed by atoms with Gasteiger partial charge in [-0.2, -0.15) is 10.2 Å². The summed E-state index contributed by atoms with van der Waals surface area (Å²) in [5, 5.41) is 34.9. The molecule has 2 aromatic carbocycles. The van der Waals surface area contributed by atoms with E-state index in [0.29, 0.717) is 52.6 Å². The van der Waals surface area contributed by atoms with Gasteiger partial charge >= 0.3 is 11.9 Å². The van der Waals surface area contributed by atoms with Gasteiger partial charge in [-0.25, -0.2) is 19.6 Å². The Labute approximate surface area is 307 Å². The van der Waals surface area contributed by atoms with Gasteiger partial charge in [-0.1, -0.05) is 12.2 Å². The highest BCUT2D eigenvalue weighted by Crippen LogP contribution is 2.32. The number of carboxylic acid groups (broad SMARTS) is 1. The molecular weight excluding hydrogens is 700 g/mol. The van der Waals surface area contributed by atoms with E-state index in [1.807, 2.05) is 13.8 Å². The van der Waals surface area contributed by atoms with Crippen LogP contribution in [-0.4, -0.2) is 86.8 Å². The number of phenolic OH excluding ortho intramolecular Hbond substituents is 1. The Bertz CT molecular complexity index is 2490. The fraction of sp³-hybridized carbons (Fsp3) is 0.278. The average molecular weight is 739 g/mol. The molecule has 54 heavy (non-hydrogen) atoms. The van der Waals surface area contributed by atoms with Crippen molar-refractivity contribution in [3.63, 3.8) is 0 Å². The predicted molar refractivity (Wildman–Crippen MR) is 196 cm³/mol. The number of carbonyl (C=O) groups is 4. The lowest BCUT2D eigenvalue weighted by Gasteiger charge is -2.12. The summed E-state index contributed by atoms with van der Waals surface area (Å²) in [4.78, 5) is 60.3. The molecule has 0 radical (unpaired) electrons. The van der Waals surface area contributed by atoms with Gasteiger partial charge in [0.2, 0.25) is 11.9 Å². The first-order chi connectivity index (χ1) is 25.9. The highest BCUT2D eigenvalue weighted by atomic mass is 16.5. The van der Waals surface area contributed by atoms with E-state index in [-0.39, 0.29) is 52.9 Å². The molecule has 0 fully saturated rings. The number of hydrogen-bond donors (Lipinski definition) is 4. The predicted octanol–water partition coefficient (Wildman–Crippen LogP) is 4.40. The first kappa shape index (κ1) is 36.8. The van der Waals surface area contributed by atoms with E-state index in [4.69, 9.17) is 9.47 Å². The van der Waals surface area contributed by atoms with Crippen molar-refractivity contribution >= 4 is 57.7 Å². The average Bonchev–Trinajstić information content (AvgIpc) is 3.91. The number of aromatic carboxylic acids is 1. The Balaban J connectivity index is 1.38. The molecule has 0 atom stereocenters. The number of benzene rings is 2. The molecule has 18 nitrogen and oxygen atoms in total. The van der Waals surface area contributed by atoms with E-state index in [9.17, 15) is 29.4 Å². The summed E-state index contributed by atoms with van der Waals surface area (Å²) in [6.07, 6.45) is 3.50. The molecule has 0 unspecified atom stereocenters. The summed E-state index contributed by atoms with van der Waals surface area (Å²) in [6, 6.07) is 8.77. The van der Waals surface area contributed by atoms with Gasteiger partial charge in [0.15, 0.2) is 0 Å². The van der Waals surface area contributed by atoms with Gasteiger partial charge in [0.1, 0.15) is 33.9 Å². The quantitative estimate of drug-likeness (QED) is 0.0957. The normalized spacial score (nSPS) is 11.4. The number of amides is 2. The molecule has 0 saturated carbocycles. The number of imidazole rings is 2. The van der Waals surface area contributed by atoms with Crippen LogP contribution in [0.1, 0.15) is 66.9 Å². The van der Waals surface area contributed by atoms with E-state index >= 15 is 0 Å². The van der Waals surface area contributed by atoms with Crippen molar-refractivity contribution in [1.29, 1.82) is 0 Å². The smallest absolute Gasteiger partial charge is 0.338 e. The maximum absolute atomic E-state index is 13.5. The SMILES string of the molecule is CCn1nc(C)cc1C(=O)Nc1nc2cc(C(=O)O)cc(O)c2n1C/C=C/Cn1c(NC(=O)c2cc(C)nn2CC)nc2cc(C(=O)OC)cc(OC)c21. The number of rotatable bonds is 13. The summed E-state index contributed by atoms with van der Waals surface area (Å²) < 4.78 is 16.9. The molecule has 2 amide bonds. The van der Waals surface area contributed by atoms with E-state index in [1.54, 1.807) is 52.1 Å². The zero-order valence-corrected chi connectivity index (χ0v) is 30.4. The minimum atomic E-state index is -1.26. The third-order valence-electron chi connectivity index (χ3n) is 8.58. The first-order valence-corrected chi connectivity index (χ1v) is 16.9.